The van der Waals surface area contributed by atoms with Crippen molar-refractivity contribution in [3.8, 4) is 0 Å². The smallest absolute Gasteiger partial charge is 0.430 e. The van der Waals surface area contributed by atoms with Crippen LogP contribution in [0, 0.1) is 6.92 Å². The molecule has 0 saturated heterocycles. The number of aryl methyl sites for hydroxylation is 1. The van der Waals surface area contributed by atoms with E-state index >= 15 is 0 Å². The monoisotopic (exact) mass is 248 g/mol. The molecule has 0 atom stereocenters. The number of hydrogen-bond acceptors (Lipinski definition) is 3. The molecule has 0 aromatic heterocycles. The fraction of sp³-hybridized carbons (Fsp3) is 0.429. The number of hydrazone groups is 1. The van der Waals surface area contributed by atoms with Crippen molar-refractivity contribution in [2.75, 3.05) is 6.61 Å². The maximum atomic E-state index is 11.7. The molecule has 0 fully saturated rings. The molecule has 1 rings (SSSR count). The highest BCUT2D eigenvalue weighted by atomic mass is 16.6. The molecule has 0 spiro atoms. The quantitative estimate of drug-likeness (QED) is 0.605. The first kappa shape index (κ1) is 14.2. The second-order valence-electron chi connectivity index (χ2n) is 4.29. The molecule has 1 aromatic rings. The number of amides is 1. The Labute approximate surface area is 108 Å². The van der Waals surface area contributed by atoms with Crippen molar-refractivity contribution >= 4 is 11.8 Å². The summed E-state index contributed by atoms with van der Waals surface area (Å²) in [5, 5.41) is 5.54. The van der Waals surface area contributed by atoms with Gasteiger partial charge in [-0.2, -0.15) is 10.1 Å². The fourth-order valence-electron chi connectivity index (χ4n) is 1.45. The fourth-order valence-corrected chi connectivity index (χ4v) is 1.45. The molecule has 0 aliphatic rings. The lowest BCUT2D eigenvalue weighted by Gasteiger charge is -2.17. The van der Waals surface area contributed by atoms with Gasteiger partial charge in [0.15, 0.2) is 0 Å². The zero-order chi connectivity index (χ0) is 13.5. The van der Waals surface area contributed by atoms with Crippen LogP contribution in [-0.2, 0) is 11.3 Å². The van der Waals surface area contributed by atoms with E-state index in [9.17, 15) is 4.79 Å². The van der Waals surface area contributed by atoms with Crippen LogP contribution in [-0.4, -0.2) is 23.4 Å². The van der Waals surface area contributed by atoms with Crippen molar-refractivity contribution in [1.82, 2.24) is 5.01 Å². The molecule has 1 aromatic carbocycles. The van der Waals surface area contributed by atoms with Gasteiger partial charge in [0, 0.05) is 5.71 Å². The predicted octanol–water partition coefficient (Wildman–Crippen LogP) is 3.35. The number of benzene rings is 1. The Balaban J connectivity index is 2.81. The molecule has 0 aliphatic carbocycles. The highest BCUT2D eigenvalue weighted by molar-refractivity contribution is 5.80. The Morgan fingerprint density at radius 3 is 2.39 bits per heavy atom. The molecule has 1 amide bonds. The number of carbonyl (C=O) groups is 1. The maximum Gasteiger partial charge on any atom is 0.430 e. The molecule has 0 radical (unpaired) electrons. The number of ether oxygens (including phenoxy) is 1. The number of hydrogen-bond donors (Lipinski definition) is 0. The molecule has 0 heterocycles. The minimum atomic E-state index is -0.417. The lowest BCUT2D eigenvalue weighted by molar-refractivity contribution is 0.106. The van der Waals surface area contributed by atoms with Crippen molar-refractivity contribution in [2.24, 2.45) is 5.10 Å². The summed E-state index contributed by atoms with van der Waals surface area (Å²) in [6, 6.07) is 8.01. The largest absolute Gasteiger partial charge is 0.448 e. The van der Waals surface area contributed by atoms with Crippen LogP contribution < -0.4 is 0 Å². The number of rotatable bonds is 4. The first-order valence-electron chi connectivity index (χ1n) is 6.04. The van der Waals surface area contributed by atoms with Crippen LogP contribution in [0.1, 0.15) is 31.9 Å². The van der Waals surface area contributed by atoms with E-state index in [0.29, 0.717) is 13.2 Å². The van der Waals surface area contributed by atoms with Crippen molar-refractivity contribution in [1.29, 1.82) is 0 Å². The summed E-state index contributed by atoms with van der Waals surface area (Å²) in [6.45, 7) is 8.28. The SMILES string of the molecule is CCOC(=O)N(Cc1ccc(C)cc1)N=C(C)C. The molecule has 4 heteroatoms. The summed E-state index contributed by atoms with van der Waals surface area (Å²) >= 11 is 0. The first-order valence-corrected chi connectivity index (χ1v) is 6.04. The molecule has 98 valence electrons. The van der Waals surface area contributed by atoms with Gasteiger partial charge in [0.1, 0.15) is 0 Å². The normalized spacial score (nSPS) is 9.78. The van der Waals surface area contributed by atoms with Gasteiger partial charge < -0.3 is 4.74 Å². The second-order valence-corrected chi connectivity index (χ2v) is 4.29. The molecule has 0 aliphatic heterocycles. The lowest BCUT2D eigenvalue weighted by atomic mass is 10.1. The number of nitrogens with zero attached hydrogens (tertiary/aromatic N) is 2. The Morgan fingerprint density at radius 2 is 1.89 bits per heavy atom. The molecule has 0 N–H and O–H groups in total. The molecule has 4 nitrogen and oxygen atoms in total. The van der Waals surface area contributed by atoms with Gasteiger partial charge in [-0.1, -0.05) is 29.8 Å². The molecule has 0 unspecified atom stereocenters. The van der Waals surface area contributed by atoms with Crippen LogP contribution in [0.15, 0.2) is 29.4 Å². The van der Waals surface area contributed by atoms with Crippen molar-refractivity contribution in [3.63, 3.8) is 0 Å². The third kappa shape index (κ3) is 4.57. The van der Waals surface area contributed by atoms with Gasteiger partial charge in [-0.15, -0.1) is 0 Å². The highest BCUT2D eigenvalue weighted by Gasteiger charge is 2.14. The summed E-state index contributed by atoms with van der Waals surface area (Å²) < 4.78 is 4.98. The van der Waals surface area contributed by atoms with Crippen molar-refractivity contribution in [3.05, 3.63) is 35.4 Å². The van der Waals surface area contributed by atoms with Crippen LogP contribution >= 0.6 is 0 Å². The molecule has 0 bridgehead atoms. The van der Waals surface area contributed by atoms with Crippen LogP contribution in [0.5, 0.6) is 0 Å². The van der Waals surface area contributed by atoms with E-state index in [-0.39, 0.29) is 0 Å². The summed E-state index contributed by atoms with van der Waals surface area (Å²) in [7, 11) is 0. The third-order valence-electron chi connectivity index (χ3n) is 2.25. The van der Waals surface area contributed by atoms with Gasteiger partial charge in [0.05, 0.1) is 13.2 Å². The predicted molar refractivity (Wildman–Crippen MR) is 72.5 cm³/mol. The van der Waals surface area contributed by atoms with Gasteiger partial charge in [-0.25, -0.2) is 4.79 Å². The summed E-state index contributed by atoms with van der Waals surface area (Å²) in [5.41, 5.74) is 3.03. The zero-order valence-corrected chi connectivity index (χ0v) is 11.4. The Bertz CT molecular complexity index is 420. The van der Waals surface area contributed by atoms with Gasteiger partial charge in [-0.3, -0.25) is 0 Å². The van der Waals surface area contributed by atoms with Gasteiger partial charge in [-0.05, 0) is 33.3 Å². The third-order valence-corrected chi connectivity index (χ3v) is 2.25. The molecular weight excluding hydrogens is 228 g/mol. The molecule has 0 saturated carbocycles. The van der Waals surface area contributed by atoms with Gasteiger partial charge in [0.25, 0.3) is 0 Å². The Hall–Kier alpha value is -1.84. The van der Waals surface area contributed by atoms with E-state index in [0.717, 1.165) is 11.3 Å². The standard InChI is InChI=1S/C14H20N2O2/c1-5-18-14(17)16(15-11(2)3)10-13-8-6-12(4)7-9-13/h6-9H,5,10H2,1-4H3. The van der Waals surface area contributed by atoms with E-state index in [1.54, 1.807) is 6.92 Å². The van der Waals surface area contributed by atoms with E-state index < -0.39 is 6.09 Å². The highest BCUT2D eigenvalue weighted by Crippen LogP contribution is 2.09. The second kappa shape index (κ2) is 6.79. The average molecular weight is 248 g/mol. The van der Waals surface area contributed by atoms with Crippen molar-refractivity contribution < 1.29 is 9.53 Å². The lowest BCUT2D eigenvalue weighted by Crippen LogP contribution is -2.27. The van der Waals surface area contributed by atoms with Gasteiger partial charge in [0.2, 0.25) is 0 Å². The van der Waals surface area contributed by atoms with Crippen LogP contribution in [0.2, 0.25) is 0 Å². The van der Waals surface area contributed by atoms with E-state index in [1.165, 1.54) is 10.6 Å². The summed E-state index contributed by atoms with van der Waals surface area (Å²) in [4.78, 5) is 11.7. The van der Waals surface area contributed by atoms with E-state index in [1.807, 2.05) is 45.0 Å². The minimum absolute atomic E-state index is 0.349. The Morgan fingerprint density at radius 1 is 1.28 bits per heavy atom. The topological polar surface area (TPSA) is 41.9 Å². The van der Waals surface area contributed by atoms with E-state index in [4.69, 9.17) is 4.74 Å². The number of carbonyl (C=O) groups excluding carboxylic acids is 1. The zero-order valence-electron chi connectivity index (χ0n) is 11.4. The van der Waals surface area contributed by atoms with Gasteiger partial charge >= 0.3 is 6.09 Å². The summed E-state index contributed by atoms with van der Waals surface area (Å²) in [6.07, 6.45) is -0.417. The Kier molecular flexibility index (Phi) is 5.36. The minimum Gasteiger partial charge on any atom is -0.448 e. The molecule has 18 heavy (non-hydrogen) atoms. The molecular formula is C14H20N2O2. The maximum absolute atomic E-state index is 11.7. The average Bonchev–Trinajstić information content (AvgIpc) is 2.31. The first-order chi connectivity index (χ1) is 8.52. The summed E-state index contributed by atoms with van der Waals surface area (Å²) in [5.74, 6) is 0. The van der Waals surface area contributed by atoms with E-state index in [2.05, 4.69) is 5.10 Å². The van der Waals surface area contributed by atoms with Crippen LogP contribution in [0.4, 0.5) is 4.79 Å². The van der Waals surface area contributed by atoms with Crippen molar-refractivity contribution in [2.45, 2.75) is 34.2 Å². The van der Waals surface area contributed by atoms with Crippen LogP contribution in [0.25, 0.3) is 0 Å². The van der Waals surface area contributed by atoms with Crippen LogP contribution in [0.3, 0.4) is 0 Å².